The van der Waals surface area contributed by atoms with Crippen molar-refractivity contribution in [2.75, 3.05) is 27.8 Å². The van der Waals surface area contributed by atoms with Crippen LogP contribution in [0.15, 0.2) is 53.5 Å². The van der Waals surface area contributed by atoms with E-state index in [2.05, 4.69) is 27.8 Å². The van der Waals surface area contributed by atoms with E-state index < -0.39 is 0 Å². The Morgan fingerprint density at radius 1 is 0.920 bits per heavy atom. The van der Waals surface area contributed by atoms with Gasteiger partial charge in [-0.15, -0.1) is 24.0 Å². The maximum atomic E-state index is 5.33. The van der Waals surface area contributed by atoms with Crippen LogP contribution in [-0.2, 0) is 13.0 Å². The molecule has 0 atom stereocenters. The summed E-state index contributed by atoms with van der Waals surface area (Å²) in [6, 6.07) is 16.2. The molecule has 0 heterocycles. The van der Waals surface area contributed by atoms with E-state index in [1.807, 2.05) is 36.4 Å². The van der Waals surface area contributed by atoms with Crippen LogP contribution < -0.4 is 20.1 Å². The van der Waals surface area contributed by atoms with Crippen LogP contribution in [0.1, 0.15) is 11.1 Å². The Morgan fingerprint density at radius 3 is 2.28 bits per heavy atom. The molecule has 6 heteroatoms. The number of rotatable bonds is 7. The average Bonchev–Trinajstić information content (AvgIpc) is 2.65. The fraction of sp³-hybridized carbons (Fsp3) is 0.316. The van der Waals surface area contributed by atoms with Crippen LogP contribution in [0.2, 0.25) is 0 Å². The van der Waals surface area contributed by atoms with E-state index in [9.17, 15) is 0 Å². The minimum atomic E-state index is 0. The molecule has 0 aliphatic carbocycles. The number of guanidine groups is 1. The first-order valence-electron chi connectivity index (χ1n) is 7.96. The average molecular weight is 455 g/mol. The third-order valence-corrected chi connectivity index (χ3v) is 3.68. The Hall–Kier alpha value is -1.96. The standard InChI is InChI=1S/C19H25N3O2.HI/c1-20-19(22-14-16-7-5-4-6-8-16)21-12-11-15-9-10-17(23-2)18(13-15)24-3;/h4-10,13H,11-12,14H2,1-3H3,(H2,20,21,22);1H. The van der Waals surface area contributed by atoms with E-state index in [1.165, 1.54) is 11.1 Å². The molecule has 2 aromatic carbocycles. The molecule has 0 aliphatic rings. The van der Waals surface area contributed by atoms with Crippen molar-refractivity contribution in [2.24, 2.45) is 4.99 Å². The van der Waals surface area contributed by atoms with Crippen molar-refractivity contribution >= 4 is 29.9 Å². The SMILES string of the molecule is CN=C(NCCc1ccc(OC)c(OC)c1)NCc1ccccc1.I. The van der Waals surface area contributed by atoms with E-state index in [4.69, 9.17) is 9.47 Å². The van der Waals surface area contributed by atoms with Crippen LogP contribution >= 0.6 is 24.0 Å². The number of nitrogens with zero attached hydrogens (tertiary/aromatic N) is 1. The number of nitrogens with one attached hydrogen (secondary N) is 2. The summed E-state index contributed by atoms with van der Waals surface area (Å²) >= 11 is 0. The third kappa shape index (κ3) is 6.81. The molecule has 2 N–H and O–H groups in total. The lowest BCUT2D eigenvalue weighted by Gasteiger charge is -2.13. The lowest BCUT2D eigenvalue weighted by molar-refractivity contribution is 0.354. The van der Waals surface area contributed by atoms with Crippen molar-refractivity contribution in [1.82, 2.24) is 10.6 Å². The molecule has 0 saturated heterocycles. The minimum Gasteiger partial charge on any atom is -0.493 e. The van der Waals surface area contributed by atoms with Gasteiger partial charge in [0.2, 0.25) is 0 Å². The highest BCUT2D eigenvalue weighted by Crippen LogP contribution is 2.27. The monoisotopic (exact) mass is 455 g/mol. The van der Waals surface area contributed by atoms with Gasteiger partial charge in [-0.25, -0.2) is 0 Å². The summed E-state index contributed by atoms with van der Waals surface area (Å²) in [5, 5.41) is 6.63. The largest absolute Gasteiger partial charge is 0.493 e. The van der Waals surface area contributed by atoms with Crippen LogP contribution in [0.4, 0.5) is 0 Å². The van der Waals surface area contributed by atoms with Gasteiger partial charge in [0.1, 0.15) is 0 Å². The minimum absolute atomic E-state index is 0. The molecule has 0 amide bonds. The summed E-state index contributed by atoms with van der Waals surface area (Å²) in [6.45, 7) is 1.53. The zero-order chi connectivity index (χ0) is 17.2. The molecule has 2 rings (SSSR count). The number of hydrogen-bond acceptors (Lipinski definition) is 3. The number of benzene rings is 2. The fourth-order valence-corrected chi connectivity index (χ4v) is 2.36. The predicted molar refractivity (Wildman–Crippen MR) is 113 cm³/mol. The summed E-state index contributed by atoms with van der Waals surface area (Å²) in [5.41, 5.74) is 2.40. The van der Waals surface area contributed by atoms with E-state index in [0.717, 1.165) is 37.0 Å². The second-order valence-corrected chi connectivity index (χ2v) is 5.28. The lowest BCUT2D eigenvalue weighted by Crippen LogP contribution is -2.37. The highest BCUT2D eigenvalue weighted by molar-refractivity contribution is 14.0. The molecule has 0 saturated carbocycles. The molecular weight excluding hydrogens is 429 g/mol. The summed E-state index contributed by atoms with van der Waals surface area (Å²) in [7, 11) is 5.06. The Kier molecular flexibility index (Phi) is 9.76. The Morgan fingerprint density at radius 2 is 1.64 bits per heavy atom. The molecule has 0 radical (unpaired) electrons. The zero-order valence-corrected chi connectivity index (χ0v) is 17.2. The van der Waals surface area contributed by atoms with Crippen LogP contribution in [0, 0.1) is 0 Å². The van der Waals surface area contributed by atoms with E-state index in [1.54, 1.807) is 21.3 Å². The van der Waals surface area contributed by atoms with Crippen molar-refractivity contribution in [3.05, 3.63) is 59.7 Å². The normalized spacial score (nSPS) is 10.6. The third-order valence-electron chi connectivity index (χ3n) is 3.68. The quantitative estimate of drug-likeness (QED) is 0.383. The maximum absolute atomic E-state index is 5.33. The van der Waals surface area contributed by atoms with Crippen molar-refractivity contribution in [1.29, 1.82) is 0 Å². The van der Waals surface area contributed by atoms with Gasteiger partial charge in [-0.05, 0) is 29.7 Å². The molecule has 5 nitrogen and oxygen atoms in total. The van der Waals surface area contributed by atoms with Crippen LogP contribution in [0.25, 0.3) is 0 Å². The molecule has 0 bridgehead atoms. The van der Waals surface area contributed by atoms with Gasteiger partial charge in [0.05, 0.1) is 14.2 Å². The maximum Gasteiger partial charge on any atom is 0.191 e. The van der Waals surface area contributed by atoms with Gasteiger partial charge in [0, 0.05) is 20.1 Å². The Bertz CT molecular complexity index is 663. The number of hydrogen-bond donors (Lipinski definition) is 2. The second-order valence-electron chi connectivity index (χ2n) is 5.28. The molecular formula is C19H26IN3O2. The smallest absolute Gasteiger partial charge is 0.191 e. The first-order valence-corrected chi connectivity index (χ1v) is 7.96. The van der Waals surface area contributed by atoms with Crippen molar-refractivity contribution in [3.63, 3.8) is 0 Å². The number of methoxy groups -OCH3 is 2. The Labute approximate surface area is 166 Å². The van der Waals surface area contributed by atoms with Crippen LogP contribution in [0.5, 0.6) is 11.5 Å². The van der Waals surface area contributed by atoms with Crippen molar-refractivity contribution in [3.8, 4) is 11.5 Å². The molecule has 0 aromatic heterocycles. The van der Waals surface area contributed by atoms with Gasteiger partial charge in [-0.1, -0.05) is 36.4 Å². The van der Waals surface area contributed by atoms with Gasteiger partial charge in [0.25, 0.3) is 0 Å². The number of halogens is 1. The molecule has 0 unspecified atom stereocenters. The summed E-state index contributed by atoms with van der Waals surface area (Å²) in [5.74, 6) is 2.29. The van der Waals surface area contributed by atoms with Crippen LogP contribution in [-0.4, -0.2) is 33.8 Å². The van der Waals surface area contributed by atoms with E-state index in [0.29, 0.717) is 0 Å². The van der Waals surface area contributed by atoms with Crippen molar-refractivity contribution in [2.45, 2.75) is 13.0 Å². The molecule has 2 aromatic rings. The summed E-state index contributed by atoms with van der Waals surface area (Å²) in [6.07, 6.45) is 0.867. The highest BCUT2D eigenvalue weighted by Gasteiger charge is 2.05. The number of aliphatic imine (C=N–C) groups is 1. The number of ether oxygens (including phenoxy) is 2. The molecule has 25 heavy (non-hydrogen) atoms. The van der Waals surface area contributed by atoms with Crippen molar-refractivity contribution < 1.29 is 9.47 Å². The first kappa shape index (κ1) is 21.1. The predicted octanol–water partition coefficient (Wildman–Crippen LogP) is 3.23. The van der Waals surface area contributed by atoms with Gasteiger partial charge < -0.3 is 20.1 Å². The summed E-state index contributed by atoms with van der Waals surface area (Å²) in [4.78, 5) is 4.25. The Balaban J connectivity index is 0.00000312. The van der Waals surface area contributed by atoms with Crippen LogP contribution in [0.3, 0.4) is 0 Å². The van der Waals surface area contributed by atoms with Gasteiger partial charge in [-0.3, -0.25) is 4.99 Å². The molecule has 136 valence electrons. The lowest BCUT2D eigenvalue weighted by atomic mass is 10.1. The topological polar surface area (TPSA) is 54.9 Å². The fourth-order valence-electron chi connectivity index (χ4n) is 2.36. The van der Waals surface area contributed by atoms with Gasteiger partial charge >= 0.3 is 0 Å². The first-order chi connectivity index (χ1) is 11.8. The van der Waals surface area contributed by atoms with Gasteiger partial charge in [0.15, 0.2) is 17.5 Å². The molecule has 0 fully saturated rings. The molecule has 0 aliphatic heterocycles. The zero-order valence-electron chi connectivity index (χ0n) is 14.9. The highest BCUT2D eigenvalue weighted by atomic mass is 127. The second kappa shape index (κ2) is 11.6. The van der Waals surface area contributed by atoms with E-state index >= 15 is 0 Å². The van der Waals surface area contributed by atoms with Gasteiger partial charge in [-0.2, -0.15) is 0 Å². The molecule has 0 spiro atoms. The van der Waals surface area contributed by atoms with E-state index in [-0.39, 0.29) is 24.0 Å². The summed E-state index contributed by atoms with van der Waals surface area (Å²) < 4.78 is 10.6.